The van der Waals surface area contributed by atoms with E-state index in [4.69, 9.17) is 9.47 Å². The third-order valence-corrected chi connectivity index (χ3v) is 3.45. The first-order valence-corrected chi connectivity index (χ1v) is 8.04. The van der Waals surface area contributed by atoms with Crippen LogP contribution in [0.15, 0.2) is 18.2 Å². The second kappa shape index (κ2) is 9.04. The van der Waals surface area contributed by atoms with Gasteiger partial charge in [-0.15, -0.1) is 0 Å². The van der Waals surface area contributed by atoms with E-state index in [1.54, 1.807) is 13.0 Å². The van der Waals surface area contributed by atoms with Crippen LogP contribution in [0, 0.1) is 11.3 Å². The summed E-state index contributed by atoms with van der Waals surface area (Å²) >= 11 is 0. The zero-order valence-electron chi connectivity index (χ0n) is 14.6. The van der Waals surface area contributed by atoms with Gasteiger partial charge in [0, 0.05) is 19.6 Å². The van der Waals surface area contributed by atoms with E-state index >= 15 is 0 Å². The number of hydrogen-bond acceptors (Lipinski definition) is 5. The first-order valence-electron chi connectivity index (χ1n) is 8.04. The molecular weight excluding hydrogens is 308 g/mol. The highest BCUT2D eigenvalue weighted by molar-refractivity contribution is 5.98. The zero-order valence-corrected chi connectivity index (χ0v) is 14.6. The molecule has 0 unspecified atom stereocenters. The van der Waals surface area contributed by atoms with Crippen LogP contribution >= 0.6 is 0 Å². The molecule has 130 valence electrons. The van der Waals surface area contributed by atoms with Crippen LogP contribution in [0.2, 0.25) is 0 Å². The second-order valence-electron chi connectivity index (χ2n) is 5.70. The summed E-state index contributed by atoms with van der Waals surface area (Å²) in [5.74, 6) is -0.510. The van der Waals surface area contributed by atoms with E-state index in [0.29, 0.717) is 18.7 Å². The van der Waals surface area contributed by atoms with Crippen LogP contribution in [0.25, 0.3) is 0 Å². The van der Waals surface area contributed by atoms with Crippen LogP contribution in [0.3, 0.4) is 0 Å². The molecule has 24 heavy (non-hydrogen) atoms. The SMILES string of the molecule is CCCO[C@](C)(CCC)C(=O)Nc1ccc(OC(C)=O)cc1C#N. The summed E-state index contributed by atoms with van der Waals surface area (Å²) in [7, 11) is 0. The van der Waals surface area contributed by atoms with Gasteiger partial charge < -0.3 is 14.8 Å². The largest absolute Gasteiger partial charge is 0.427 e. The van der Waals surface area contributed by atoms with E-state index in [1.165, 1.54) is 19.1 Å². The van der Waals surface area contributed by atoms with Crippen molar-refractivity contribution in [3.63, 3.8) is 0 Å². The first kappa shape index (κ1) is 19.7. The Morgan fingerprint density at radius 3 is 2.54 bits per heavy atom. The van der Waals surface area contributed by atoms with Gasteiger partial charge in [0.1, 0.15) is 17.4 Å². The van der Waals surface area contributed by atoms with Gasteiger partial charge in [0.05, 0.1) is 11.3 Å². The highest BCUT2D eigenvalue weighted by Gasteiger charge is 2.33. The normalized spacial score (nSPS) is 12.8. The number of carbonyl (C=O) groups is 2. The lowest BCUT2D eigenvalue weighted by Gasteiger charge is -2.28. The number of amides is 1. The van der Waals surface area contributed by atoms with E-state index in [0.717, 1.165) is 12.8 Å². The molecule has 0 aliphatic carbocycles. The smallest absolute Gasteiger partial charge is 0.308 e. The van der Waals surface area contributed by atoms with Gasteiger partial charge >= 0.3 is 5.97 Å². The number of nitrogens with one attached hydrogen (secondary N) is 1. The van der Waals surface area contributed by atoms with Crippen molar-refractivity contribution in [2.24, 2.45) is 0 Å². The van der Waals surface area contributed by atoms with Crippen LogP contribution < -0.4 is 10.1 Å². The predicted octanol–water partition coefficient (Wildman–Crippen LogP) is 3.41. The highest BCUT2D eigenvalue weighted by atomic mass is 16.5. The van der Waals surface area contributed by atoms with E-state index in [1.807, 2.05) is 19.9 Å². The summed E-state index contributed by atoms with van der Waals surface area (Å²) in [5, 5.41) is 12.0. The maximum atomic E-state index is 12.6. The van der Waals surface area contributed by atoms with Gasteiger partial charge in [-0.2, -0.15) is 5.26 Å². The summed E-state index contributed by atoms with van der Waals surface area (Å²) in [4.78, 5) is 23.6. The number of hydrogen-bond donors (Lipinski definition) is 1. The van der Waals surface area contributed by atoms with Crippen LogP contribution in [0.5, 0.6) is 5.75 Å². The van der Waals surface area contributed by atoms with Gasteiger partial charge in [0.2, 0.25) is 0 Å². The van der Waals surface area contributed by atoms with Gasteiger partial charge in [-0.1, -0.05) is 20.3 Å². The van der Waals surface area contributed by atoms with Gasteiger partial charge in [-0.3, -0.25) is 9.59 Å². The zero-order chi connectivity index (χ0) is 18.2. The molecule has 1 rings (SSSR count). The van der Waals surface area contributed by atoms with Crippen molar-refractivity contribution in [3.8, 4) is 11.8 Å². The van der Waals surface area contributed by atoms with E-state index in [2.05, 4.69) is 5.32 Å². The third kappa shape index (κ3) is 5.36. The van der Waals surface area contributed by atoms with Crippen LogP contribution in [-0.4, -0.2) is 24.1 Å². The monoisotopic (exact) mass is 332 g/mol. The van der Waals surface area contributed by atoms with Gasteiger partial charge in [0.25, 0.3) is 5.91 Å². The van der Waals surface area contributed by atoms with Crippen molar-refractivity contribution in [3.05, 3.63) is 23.8 Å². The lowest BCUT2D eigenvalue weighted by Crippen LogP contribution is -2.43. The van der Waals surface area contributed by atoms with Gasteiger partial charge in [-0.25, -0.2) is 0 Å². The van der Waals surface area contributed by atoms with E-state index in [-0.39, 0.29) is 17.2 Å². The molecule has 0 fully saturated rings. The molecule has 0 saturated carbocycles. The molecule has 1 aromatic carbocycles. The Hall–Kier alpha value is -2.39. The number of esters is 1. The molecule has 1 atom stereocenters. The molecule has 6 nitrogen and oxygen atoms in total. The van der Waals surface area contributed by atoms with Crippen LogP contribution in [0.1, 0.15) is 52.5 Å². The molecular formula is C18H24N2O4. The van der Waals surface area contributed by atoms with Gasteiger partial charge in [-0.05, 0) is 31.9 Å². The van der Waals surface area contributed by atoms with Gasteiger partial charge in [0.15, 0.2) is 0 Å². The molecule has 0 radical (unpaired) electrons. The Morgan fingerprint density at radius 1 is 1.29 bits per heavy atom. The maximum absolute atomic E-state index is 12.6. The summed E-state index contributed by atoms with van der Waals surface area (Å²) in [5.41, 5.74) is -0.372. The number of anilines is 1. The van der Waals surface area contributed by atoms with Crippen molar-refractivity contribution < 1.29 is 19.1 Å². The van der Waals surface area contributed by atoms with Crippen molar-refractivity contribution in [1.82, 2.24) is 0 Å². The molecule has 0 saturated heterocycles. The third-order valence-electron chi connectivity index (χ3n) is 3.45. The fraction of sp³-hybridized carbons (Fsp3) is 0.500. The first-order chi connectivity index (χ1) is 11.4. The lowest BCUT2D eigenvalue weighted by molar-refractivity contribution is -0.140. The standard InChI is InChI=1S/C18H24N2O4/c1-5-9-18(4,23-10-6-2)17(22)20-16-8-7-15(24-13(3)21)11-14(16)12-19/h7-8,11H,5-6,9-10H2,1-4H3,(H,20,22)/t18-/m1/s1. The molecule has 0 aliphatic heterocycles. The van der Waals surface area contributed by atoms with Crippen LogP contribution in [-0.2, 0) is 14.3 Å². The Balaban J connectivity index is 2.99. The topological polar surface area (TPSA) is 88.4 Å². The Bertz CT molecular complexity index is 636. The van der Waals surface area contributed by atoms with Crippen molar-refractivity contribution in [1.29, 1.82) is 5.26 Å². The quantitative estimate of drug-likeness (QED) is 0.582. The summed E-state index contributed by atoms with van der Waals surface area (Å²) in [6.07, 6.45) is 2.18. The Labute approximate surface area is 142 Å². The number of rotatable bonds is 8. The summed E-state index contributed by atoms with van der Waals surface area (Å²) in [6.45, 7) is 7.48. The maximum Gasteiger partial charge on any atom is 0.308 e. The van der Waals surface area contributed by atoms with Crippen molar-refractivity contribution in [2.45, 2.75) is 52.6 Å². The lowest BCUT2D eigenvalue weighted by atomic mass is 9.98. The number of carbonyl (C=O) groups excluding carboxylic acids is 2. The molecule has 1 aromatic rings. The number of ether oxygens (including phenoxy) is 2. The fourth-order valence-corrected chi connectivity index (χ4v) is 2.26. The van der Waals surface area contributed by atoms with Crippen molar-refractivity contribution in [2.75, 3.05) is 11.9 Å². The average molecular weight is 332 g/mol. The molecule has 0 aromatic heterocycles. The predicted molar refractivity (Wildman–Crippen MR) is 90.7 cm³/mol. The molecule has 0 aliphatic rings. The van der Waals surface area contributed by atoms with E-state index < -0.39 is 11.6 Å². The molecule has 1 amide bonds. The molecule has 0 bridgehead atoms. The number of nitrogens with zero attached hydrogens (tertiary/aromatic N) is 1. The molecule has 1 N–H and O–H groups in total. The second-order valence-corrected chi connectivity index (χ2v) is 5.70. The molecule has 0 spiro atoms. The van der Waals surface area contributed by atoms with Crippen molar-refractivity contribution >= 4 is 17.6 Å². The Morgan fingerprint density at radius 2 is 2.00 bits per heavy atom. The van der Waals surface area contributed by atoms with E-state index in [9.17, 15) is 14.9 Å². The summed E-state index contributed by atoms with van der Waals surface area (Å²) in [6, 6.07) is 6.48. The highest BCUT2D eigenvalue weighted by Crippen LogP contribution is 2.25. The average Bonchev–Trinajstić information content (AvgIpc) is 2.54. The minimum atomic E-state index is -0.952. The molecule has 6 heteroatoms. The number of nitriles is 1. The Kier molecular flexibility index (Phi) is 7.40. The summed E-state index contributed by atoms with van der Waals surface area (Å²) < 4.78 is 10.7. The minimum Gasteiger partial charge on any atom is -0.427 e. The van der Waals surface area contributed by atoms with Crippen LogP contribution in [0.4, 0.5) is 5.69 Å². The fourth-order valence-electron chi connectivity index (χ4n) is 2.26. The number of benzene rings is 1. The molecule has 0 heterocycles. The minimum absolute atomic E-state index is 0.219.